The molecule has 0 unspecified atom stereocenters. The monoisotopic (exact) mass is 322 g/mol. The fraction of sp³-hybridized carbons (Fsp3) is 0.300. The van der Waals surface area contributed by atoms with Crippen molar-refractivity contribution in [2.45, 2.75) is 26.2 Å². The van der Waals surface area contributed by atoms with Crippen LogP contribution in [-0.4, -0.2) is 18.4 Å². The number of amides is 2. The van der Waals surface area contributed by atoms with Crippen LogP contribution in [0.15, 0.2) is 54.6 Å². The van der Waals surface area contributed by atoms with Gasteiger partial charge in [0, 0.05) is 24.3 Å². The Morgan fingerprint density at radius 3 is 2.38 bits per heavy atom. The third-order valence-electron chi connectivity index (χ3n) is 4.41. The second kappa shape index (κ2) is 6.87. The van der Waals surface area contributed by atoms with Gasteiger partial charge in [0.1, 0.15) is 0 Å². The molecule has 0 saturated carbocycles. The molecule has 0 radical (unpaired) electrons. The van der Waals surface area contributed by atoms with Gasteiger partial charge in [0.15, 0.2) is 0 Å². The summed E-state index contributed by atoms with van der Waals surface area (Å²) in [4.78, 5) is 26.4. The number of hydrogen-bond acceptors (Lipinski definition) is 2. The van der Waals surface area contributed by atoms with E-state index in [4.69, 9.17) is 0 Å². The summed E-state index contributed by atoms with van der Waals surface area (Å²) >= 11 is 0. The van der Waals surface area contributed by atoms with Crippen LogP contribution in [0.25, 0.3) is 0 Å². The number of rotatable bonds is 4. The summed E-state index contributed by atoms with van der Waals surface area (Å²) in [6, 6.07) is 17.4. The number of anilines is 2. The first-order valence-electron chi connectivity index (χ1n) is 8.31. The molecule has 124 valence electrons. The van der Waals surface area contributed by atoms with Crippen molar-refractivity contribution in [2.75, 3.05) is 16.8 Å². The summed E-state index contributed by atoms with van der Waals surface area (Å²) in [5.74, 6) is 0.0385. The highest BCUT2D eigenvalue weighted by molar-refractivity contribution is 6.03. The molecule has 1 aliphatic rings. The standard InChI is InChI=1S/C20H22N2O2/c1-14(2)15-8-10-18(11-9-15)22-13-16(12-19(22)23)20(24)21-17-6-4-3-5-7-17/h3-11,14,16H,12-13H2,1-2H3,(H,21,24)/t16-/m1/s1. The van der Waals surface area contributed by atoms with Crippen molar-refractivity contribution in [3.8, 4) is 0 Å². The van der Waals surface area contributed by atoms with Crippen molar-refractivity contribution in [1.29, 1.82) is 0 Å². The van der Waals surface area contributed by atoms with Gasteiger partial charge in [-0.2, -0.15) is 0 Å². The molecule has 2 aromatic rings. The molecule has 1 atom stereocenters. The van der Waals surface area contributed by atoms with Crippen LogP contribution >= 0.6 is 0 Å². The van der Waals surface area contributed by atoms with E-state index in [2.05, 4.69) is 19.2 Å². The van der Waals surface area contributed by atoms with Crippen molar-refractivity contribution < 1.29 is 9.59 Å². The molecule has 1 aliphatic heterocycles. The van der Waals surface area contributed by atoms with Gasteiger partial charge in [-0.05, 0) is 35.7 Å². The quantitative estimate of drug-likeness (QED) is 0.931. The first kappa shape index (κ1) is 16.2. The Labute approximate surface area is 142 Å². The average molecular weight is 322 g/mol. The summed E-state index contributed by atoms with van der Waals surface area (Å²) in [7, 11) is 0. The normalized spacial score (nSPS) is 17.4. The van der Waals surface area contributed by atoms with E-state index in [9.17, 15) is 9.59 Å². The molecular formula is C20H22N2O2. The first-order valence-corrected chi connectivity index (χ1v) is 8.31. The molecule has 0 spiro atoms. The lowest BCUT2D eigenvalue weighted by molar-refractivity contribution is -0.122. The van der Waals surface area contributed by atoms with E-state index in [1.807, 2.05) is 54.6 Å². The summed E-state index contributed by atoms with van der Waals surface area (Å²) in [5.41, 5.74) is 2.86. The number of hydrogen-bond donors (Lipinski definition) is 1. The van der Waals surface area contributed by atoms with Crippen molar-refractivity contribution in [1.82, 2.24) is 0 Å². The van der Waals surface area contributed by atoms with Gasteiger partial charge >= 0.3 is 0 Å². The van der Waals surface area contributed by atoms with Crippen LogP contribution in [0.1, 0.15) is 31.7 Å². The van der Waals surface area contributed by atoms with Crippen LogP contribution in [0, 0.1) is 5.92 Å². The van der Waals surface area contributed by atoms with E-state index in [-0.39, 0.29) is 24.2 Å². The number of benzene rings is 2. The third kappa shape index (κ3) is 3.48. The van der Waals surface area contributed by atoms with E-state index in [1.165, 1.54) is 5.56 Å². The highest BCUT2D eigenvalue weighted by Crippen LogP contribution is 2.27. The summed E-state index contributed by atoms with van der Waals surface area (Å²) in [6.07, 6.45) is 0.255. The SMILES string of the molecule is CC(C)c1ccc(N2C[C@H](C(=O)Nc3ccccc3)CC2=O)cc1. The topological polar surface area (TPSA) is 49.4 Å². The Bertz CT molecular complexity index is 723. The molecule has 2 aromatic carbocycles. The Morgan fingerprint density at radius 1 is 1.08 bits per heavy atom. The Kier molecular flexibility index (Phi) is 4.65. The van der Waals surface area contributed by atoms with Crippen LogP contribution in [0.2, 0.25) is 0 Å². The fourth-order valence-electron chi connectivity index (χ4n) is 2.94. The molecule has 1 heterocycles. The van der Waals surface area contributed by atoms with Crippen LogP contribution in [0.4, 0.5) is 11.4 Å². The molecule has 1 saturated heterocycles. The smallest absolute Gasteiger partial charge is 0.229 e. The number of nitrogens with one attached hydrogen (secondary N) is 1. The maximum Gasteiger partial charge on any atom is 0.229 e. The third-order valence-corrected chi connectivity index (χ3v) is 4.41. The molecule has 4 nitrogen and oxygen atoms in total. The fourth-order valence-corrected chi connectivity index (χ4v) is 2.94. The van der Waals surface area contributed by atoms with Crippen molar-refractivity contribution in [3.05, 3.63) is 60.2 Å². The number of carbonyl (C=O) groups is 2. The first-order chi connectivity index (χ1) is 11.5. The molecule has 0 aliphatic carbocycles. The minimum Gasteiger partial charge on any atom is -0.326 e. The lowest BCUT2D eigenvalue weighted by Gasteiger charge is -2.17. The second-order valence-electron chi connectivity index (χ2n) is 6.51. The van der Waals surface area contributed by atoms with Gasteiger partial charge in [-0.25, -0.2) is 0 Å². The molecular weight excluding hydrogens is 300 g/mol. The summed E-state index contributed by atoms with van der Waals surface area (Å²) in [5, 5.41) is 2.88. The van der Waals surface area contributed by atoms with Crippen LogP contribution < -0.4 is 10.2 Å². The van der Waals surface area contributed by atoms with E-state index >= 15 is 0 Å². The van der Waals surface area contributed by atoms with E-state index < -0.39 is 0 Å². The zero-order valence-corrected chi connectivity index (χ0v) is 14.0. The maximum atomic E-state index is 12.4. The average Bonchev–Trinajstić information content (AvgIpc) is 2.98. The molecule has 2 amide bonds. The molecule has 1 N–H and O–H groups in total. The predicted octanol–water partition coefficient (Wildman–Crippen LogP) is 3.80. The van der Waals surface area contributed by atoms with Crippen molar-refractivity contribution >= 4 is 23.2 Å². The van der Waals surface area contributed by atoms with Gasteiger partial charge in [0.05, 0.1) is 5.92 Å². The molecule has 0 aromatic heterocycles. The number of para-hydroxylation sites is 1. The number of carbonyl (C=O) groups excluding carboxylic acids is 2. The van der Waals surface area contributed by atoms with Crippen molar-refractivity contribution in [3.63, 3.8) is 0 Å². The lowest BCUT2D eigenvalue weighted by Crippen LogP contribution is -2.28. The predicted molar refractivity (Wildman–Crippen MR) is 96.1 cm³/mol. The van der Waals surface area contributed by atoms with Crippen LogP contribution in [-0.2, 0) is 9.59 Å². The molecule has 24 heavy (non-hydrogen) atoms. The summed E-state index contributed by atoms with van der Waals surface area (Å²) in [6.45, 7) is 4.71. The largest absolute Gasteiger partial charge is 0.326 e. The van der Waals surface area contributed by atoms with Gasteiger partial charge in [-0.1, -0.05) is 44.2 Å². The minimum atomic E-state index is -0.317. The highest BCUT2D eigenvalue weighted by Gasteiger charge is 2.35. The minimum absolute atomic E-state index is 0.000471. The van der Waals surface area contributed by atoms with Gasteiger partial charge < -0.3 is 10.2 Å². The second-order valence-corrected chi connectivity index (χ2v) is 6.51. The maximum absolute atomic E-state index is 12.4. The molecule has 1 fully saturated rings. The van der Waals surface area contributed by atoms with Gasteiger partial charge in [-0.15, -0.1) is 0 Å². The molecule has 0 bridgehead atoms. The number of nitrogens with zero attached hydrogens (tertiary/aromatic N) is 1. The van der Waals surface area contributed by atoms with Gasteiger partial charge in [0.2, 0.25) is 11.8 Å². The van der Waals surface area contributed by atoms with E-state index in [0.29, 0.717) is 12.5 Å². The Morgan fingerprint density at radius 2 is 1.75 bits per heavy atom. The highest BCUT2D eigenvalue weighted by atomic mass is 16.2. The van der Waals surface area contributed by atoms with Gasteiger partial charge in [0.25, 0.3) is 0 Å². The van der Waals surface area contributed by atoms with E-state index in [0.717, 1.165) is 11.4 Å². The lowest BCUT2D eigenvalue weighted by atomic mass is 10.0. The van der Waals surface area contributed by atoms with E-state index in [1.54, 1.807) is 4.90 Å². The van der Waals surface area contributed by atoms with Crippen LogP contribution in [0.5, 0.6) is 0 Å². The van der Waals surface area contributed by atoms with Gasteiger partial charge in [-0.3, -0.25) is 9.59 Å². The molecule has 3 rings (SSSR count). The van der Waals surface area contributed by atoms with Crippen molar-refractivity contribution in [2.24, 2.45) is 5.92 Å². The molecule has 4 heteroatoms. The zero-order chi connectivity index (χ0) is 17.1. The zero-order valence-electron chi connectivity index (χ0n) is 14.0. The Hall–Kier alpha value is -2.62. The Balaban J connectivity index is 1.68. The van der Waals surface area contributed by atoms with Crippen LogP contribution in [0.3, 0.4) is 0 Å². The summed E-state index contributed by atoms with van der Waals surface area (Å²) < 4.78 is 0.